The highest BCUT2D eigenvalue weighted by Gasteiger charge is 2.31. The molecule has 3 aromatic rings. The van der Waals surface area contributed by atoms with Crippen LogP contribution in [-0.4, -0.2) is 18.5 Å². The lowest BCUT2D eigenvalue weighted by Gasteiger charge is -2.31. The van der Waals surface area contributed by atoms with Gasteiger partial charge in [-0.2, -0.15) is 0 Å². The van der Waals surface area contributed by atoms with Gasteiger partial charge < -0.3 is 10.2 Å². The van der Waals surface area contributed by atoms with Gasteiger partial charge in [0.05, 0.1) is 0 Å². The van der Waals surface area contributed by atoms with Crippen LogP contribution in [-0.2, 0) is 11.2 Å². The molecule has 142 valence electrons. The molecule has 0 spiro atoms. The summed E-state index contributed by atoms with van der Waals surface area (Å²) in [5.41, 5.74) is 4.78. The van der Waals surface area contributed by atoms with E-state index in [-0.39, 0.29) is 18.0 Å². The molecule has 3 heteroatoms. The van der Waals surface area contributed by atoms with Crippen LogP contribution in [0.3, 0.4) is 0 Å². The minimum Gasteiger partial charge on any atom is -0.326 e. The Labute approximate surface area is 167 Å². The quantitative estimate of drug-likeness (QED) is 0.729. The summed E-state index contributed by atoms with van der Waals surface area (Å²) in [7, 11) is 0. The Morgan fingerprint density at radius 1 is 0.857 bits per heavy atom. The maximum Gasteiger partial charge on any atom is 0.284 e. The minimum atomic E-state index is -0.170. The fourth-order valence-electron chi connectivity index (χ4n) is 4.11. The summed E-state index contributed by atoms with van der Waals surface area (Å²) >= 11 is 0. The van der Waals surface area contributed by atoms with Crippen molar-refractivity contribution in [3.63, 3.8) is 0 Å². The van der Waals surface area contributed by atoms with Crippen LogP contribution in [0.25, 0.3) is 0 Å². The number of nitrogens with two attached hydrogens (primary N) is 1. The molecule has 1 amide bonds. The second kappa shape index (κ2) is 8.41. The third-order valence-electron chi connectivity index (χ3n) is 5.56. The number of amides is 1. The van der Waals surface area contributed by atoms with E-state index in [4.69, 9.17) is 0 Å². The topological polar surface area (TPSA) is 36.9 Å². The van der Waals surface area contributed by atoms with Gasteiger partial charge in [-0.3, -0.25) is 4.79 Å². The first-order valence-electron chi connectivity index (χ1n) is 10.1. The Kier molecular flexibility index (Phi) is 5.54. The Morgan fingerprint density at radius 3 is 2.07 bits per heavy atom. The number of quaternary nitrogens is 1. The van der Waals surface area contributed by atoms with Crippen LogP contribution >= 0.6 is 0 Å². The van der Waals surface area contributed by atoms with Crippen molar-refractivity contribution in [2.45, 2.75) is 31.8 Å². The summed E-state index contributed by atoms with van der Waals surface area (Å²) in [6.45, 7) is 2.83. The highest BCUT2D eigenvalue weighted by atomic mass is 16.2. The second-order valence-electron chi connectivity index (χ2n) is 7.50. The van der Waals surface area contributed by atoms with Crippen LogP contribution in [0.4, 0.5) is 5.69 Å². The lowest BCUT2D eigenvalue weighted by atomic mass is 9.97. The van der Waals surface area contributed by atoms with E-state index in [1.165, 1.54) is 16.7 Å². The van der Waals surface area contributed by atoms with Crippen molar-refractivity contribution >= 4 is 11.6 Å². The normalized spacial score (nSPS) is 14.6. The molecule has 1 atom stereocenters. The average molecular weight is 372 g/mol. The van der Waals surface area contributed by atoms with Gasteiger partial charge in [0.2, 0.25) is 0 Å². The molecular weight excluding hydrogens is 344 g/mol. The van der Waals surface area contributed by atoms with Crippen molar-refractivity contribution < 1.29 is 10.1 Å². The van der Waals surface area contributed by atoms with E-state index in [0.717, 1.165) is 25.1 Å². The summed E-state index contributed by atoms with van der Waals surface area (Å²) in [6.07, 6.45) is 2.07. The maximum absolute atomic E-state index is 13.4. The summed E-state index contributed by atoms with van der Waals surface area (Å²) in [5, 5.41) is 2.20. The van der Waals surface area contributed by atoms with E-state index in [1.54, 1.807) is 0 Å². The first-order valence-corrected chi connectivity index (χ1v) is 10.1. The van der Waals surface area contributed by atoms with Gasteiger partial charge in [0.15, 0.2) is 6.04 Å². The third kappa shape index (κ3) is 3.85. The zero-order valence-electron chi connectivity index (χ0n) is 16.3. The van der Waals surface area contributed by atoms with E-state index >= 15 is 0 Å². The molecule has 1 aliphatic heterocycles. The molecule has 2 N–H and O–H groups in total. The van der Waals surface area contributed by atoms with Gasteiger partial charge in [-0.05, 0) is 31.4 Å². The molecule has 0 aliphatic carbocycles. The lowest BCUT2D eigenvalue weighted by molar-refractivity contribution is -0.704. The molecule has 3 aromatic carbocycles. The second-order valence-corrected chi connectivity index (χ2v) is 7.50. The van der Waals surface area contributed by atoms with Crippen molar-refractivity contribution in [2.75, 3.05) is 11.4 Å². The van der Waals surface area contributed by atoms with E-state index in [1.807, 2.05) is 30.0 Å². The molecule has 0 saturated heterocycles. The summed E-state index contributed by atoms with van der Waals surface area (Å²) in [6, 6.07) is 29.1. The van der Waals surface area contributed by atoms with Crippen molar-refractivity contribution in [1.29, 1.82) is 0 Å². The number of para-hydroxylation sites is 1. The van der Waals surface area contributed by atoms with Gasteiger partial charge in [0.25, 0.3) is 5.91 Å². The number of aryl methyl sites for hydroxylation is 1. The maximum atomic E-state index is 13.4. The molecule has 1 aliphatic rings. The zero-order valence-corrected chi connectivity index (χ0v) is 16.3. The molecular formula is C25H27N2O+. The average Bonchev–Trinajstić information content (AvgIpc) is 2.77. The van der Waals surface area contributed by atoms with Crippen LogP contribution in [0, 0.1) is 0 Å². The lowest BCUT2D eigenvalue weighted by Crippen LogP contribution is -2.93. The van der Waals surface area contributed by atoms with Crippen LogP contribution in [0.2, 0.25) is 0 Å². The number of benzene rings is 3. The van der Waals surface area contributed by atoms with Crippen LogP contribution < -0.4 is 10.2 Å². The van der Waals surface area contributed by atoms with Crippen LogP contribution in [0.1, 0.15) is 36.1 Å². The molecule has 0 unspecified atom stereocenters. The monoisotopic (exact) mass is 371 g/mol. The predicted octanol–water partition coefficient (Wildman–Crippen LogP) is 3.71. The SMILES string of the molecule is C[C@@H]([NH2+]C(c1ccccc1)c1ccccc1)C(=O)N1CCCc2ccccc21. The number of anilines is 1. The Balaban J connectivity index is 1.58. The predicted molar refractivity (Wildman–Crippen MR) is 113 cm³/mol. The van der Waals surface area contributed by atoms with Gasteiger partial charge >= 0.3 is 0 Å². The van der Waals surface area contributed by atoms with Crippen LogP contribution in [0.5, 0.6) is 0 Å². The molecule has 28 heavy (non-hydrogen) atoms. The molecule has 0 bridgehead atoms. The first-order chi connectivity index (χ1) is 13.7. The number of carbonyl (C=O) groups excluding carboxylic acids is 1. The number of rotatable bonds is 5. The largest absolute Gasteiger partial charge is 0.326 e. The molecule has 0 saturated carbocycles. The Bertz CT molecular complexity index is 884. The van der Waals surface area contributed by atoms with Crippen molar-refractivity contribution in [3.8, 4) is 0 Å². The number of hydrogen-bond acceptors (Lipinski definition) is 1. The first kappa shape index (κ1) is 18.5. The van der Waals surface area contributed by atoms with Gasteiger partial charge in [0, 0.05) is 23.4 Å². The van der Waals surface area contributed by atoms with Crippen molar-refractivity contribution in [1.82, 2.24) is 0 Å². The Hall–Kier alpha value is -2.91. The number of hydrogen-bond donors (Lipinski definition) is 1. The molecule has 0 aromatic heterocycles. The summed E-state index contributed by atoms with van der Waals surface area (Å²) in [4.78, 5) is 15.3. The molecule has 1 heterocycles. The van der Waals surface area contributed by atoms with Crippen LogP contribution in [0.15, 0.2) is 84.9 Å². The molecule has 0 radical (unpaired) electrons. The van der Waals surface area contributed by atoms with E-state index in [0.29, 0.717) is 0 Å². The number of fused-ring (bicyclic) bond motifs is 1. The molecule has 0 fully saturated rings. The minimum absolute atomic E-state index is 0.0985. The smallest absolute Gasteiger partial charge is 0.284 e. The number of carbonyl (C=O) groups is 1. The van der Waals surface area contributed by atoms with Crippen molar-refractivity contribution in [2.24, 2.45) is 0 Å². The van der Waals surface area contributed by atoms with Gasteiger partial charge in [-0.1, -0.05) is 78.9 Å². The standard InChI is InChI=1S/C25H26N2O/c1-19(25(28)27-18-10-16-20-11-8-9-17-23(20)27)26-24(21-12-4-2-5-13-21)22-14-6-3-7-15-22/h2-9,11-15,17,19,24,26H,10,16,18H2,1H3/p+1/t19-/m1/s1. The summed E-state index contributed by atoms with van der Waals surface area (Å²) < 4.78 is 0. The molecule has 4 rings (SSSR count). The fraction of sp³-hybridized carbons (Fsp3) is 0.240. The van der Waals surface area contributed by atoms with Gasteiger partial charge in [-0.25, -0.2) is 0 Å². The van der Waals surface area contributed by atoms with E-state index in [9.17, 15) is 4.79 Å². The highest BCUT2D eigenvalue weighted by molar-refractivity contribution is 5.97. The van der Waals surface area contributed by atoms with Gasteiger partial charge in [-0.15, -0.1) is 0 Å². The van der Waals surface area contributed by atoms with E-state index < -0.39 is 0 Å². The van der Waals surface area contributed by atoms with E-state index in [2.05, 4.69) is 72.0 Å². The summed E-state index contributed by atoms with van der Waals surface area (Å²) in [5.74, 6) is 0.184. The molecule has 3 nitrogen and oxygen atoms in total. The van der Waals surface area contributed by atoms with Gasteiger partial charge in [0.1, 0.15) is 6.04 Å². The highest BCUT2D eigenvalue weighted by Crippen LogP contribution is 2.27. The Morgan fingerprint density at radius 2 is 1.43 bits per heavy atom. The third-order valence-corrected chi connectivity index (χ3v) is 5.56. The fourth-order valence-corrected chi connectivity index (χ4v) is 4.11. The number of nitrogens with zero attached hydrogens (tertiary/aromatic N) is 1. The van der Waals surface area contributed by atoms with Crippen molar-refractivity contribution in [3.05, 3.63) is 102 Å². The zero-order chi connectivity index (χ0) is 19.3.